The van der Waals surface area contributed by atoms with Gasteiger partial charge in [0.15, 0.2) is 11.8 Å². The van der Waals surface area contributed by atoms with Gasteiger partial charge in [0.05, 0.1) is 29.6 Å². The van der Waals surface area contributed by atoms with Crippen LogP contribution >= 0.6 is 11.6 Å². The minimum atomic E-state index is -1.65. The zero-order chi connectivity index (χ0) is 25.7. The molecule has 4 aromatic rings. The number of aromatic amines is 1. The molecule has 4 heterocycles. The van der Waals surface area contributed by atoms with Crippen LogP contribution in [0.1, 0.15) is 0 Å². The lowest BCUT2D eigenvalue weighted by atomic mass is 10.0. The summed E-state index contributed by atoms with van der Waals surface area (Å²) < 4.78 is 47.5. The lowest BCUT2D eigenvalue weighted by Gasteiger charge is -2.15. The number of fused-ring (bicyclic) bond motifs is 2. The number of ether oxygens (including phenoxy) is 3. The Balaban J connectivity index is 1.25. The largest absolute Gasteiger partial charge is 0.456 e. The SMILES string of the molecule is C/[SH](=O)=N\c1ccc(-c2ccc(-c3nc4[nH]c(O[C@@H]5CO[C@H]6[C@@H]5OC[C@H]6O)nc4cc3Cl)cc2F)cc1. The highest BCUT2D eigenvalue weighted by Crippen LogP contribution is 2.34. The smallest absolute Gasteiger partial charge is 0.296 e. The third-order valence-electron chi connectivity index (χ3n) is 6.33. The Hall–Kier alpha value is -3.09. The molecule has 9 nitrogen and oxygen atoms in total. The molecule has 0 bridgehead atoms. The molecule has 2 fully saturated rings. The van der Waals surface area contributed by atoms with E-state index in [0.29, 0.717) is 44.3 Å². The summed E-state index contributed by atoms with van der Waals surface area (Å²) in [5.74, 6) is -0.440. The number of nitrogens with zero attached hydrogens (tertiary/aromatic N) is 3. The van der Waals surface area contributed by atoms with E-state index in [2.05, 4.69) is 19.3 Å². The number of nitrogens with one attached hydrogen (secondary N) is 1. The van der Waals surface area contributed by atoms with Crippen molar-refractivity contribution >= 4 is 39.0 Å². The van der Waals surface area contributed by atoms with Crippen LogP contribution in [0.2, 0.25) is 5.02 Å². The number of halogens is 2. The number of hydrogen-bond donors (Lipinski definition) is 3. The standard InChI is InChI=1S/C25H22ClFN4O5S/c1-37(33)31-14-5-2-12(3-6-14)15-7-4-13(8-17(15)27)21-16(26)9-18-24(29-21)30-25(28-18)36-20-11-35-22-19(32)10-34-23(20)22/h2-9,19-20,22-23,32,37H,10-11H2,1H3,(H,28,29,30)/t19-,20-,22-,23-/m1/s1. The maximum absolute atomic E-state index is 15.1. The molecule has 5 atom stereocenters. The van der Waals surface area contributed by atoms with Gasteiger partial charge in [-0.25, -0.2) is 13.7 Å². The Morgan fingerprint density at radius 2 is 1.86 bits per heavy atom. The van der Waals surface area contributed by atoms with Crippen LogP contribution in [0.25, 0.3) is 33.5 Å². The first-order valence-electron chi connectivity index (χ1n) is 11.5. The van der Waals surface area contributed by atoms with Gasteiger partial charge >= 0.3 is 0 Å². The van der Waals surface area contributed by atoms with Crippen LogP contribution in [0.3, 0.4) is 0 Å². The van der Waals surface area contributed by atoms with Crippen molar-refractivity contribution in [1.29, 1.82) is 0 Å². The Morgan fingerprint density at radius 3 is 2.62 bits per heavy atom. The number of imidazole rings is 1. The Bertz CT molecular complexity index is 1570. The molecular formula is C25H22ClFN4O5S. The first-order chi connectivity index (χ1) is 17.9. The van der Waals surface area contributed by atoms with E-state index in [1.807, 2.05) is 0 Å². The molecule has 0 radical (unpaired) electrons. The second kappa shape index (κ2) is 9.66. The summed E-state index contributed by atoms with van der Waals surface area (Å²) in [6.07, 6.45) is -0.371. The van der Waals surface area contributed by atoms with Crippen molar-refractivity contribution in [2.75, 3.05) is 19.5 Å². The van der Waals surface area contributed by atoms with E-state index in [9.17, 15) is 9.32 Å². The number of aliphatic hydroxyl groups excluding tert-OH is 1. The molecule has 2 aliphatic heterocycles. The van der Waals surface area contributed by atoms with Crippen molar-refractivity contribution in [3.05, 3.63) is 59.4 Å². The highest BCUT2D eigenvalue weighted by molar-refractivity contribution is 7.74. The van der Waals surface area contributed by atoms with Crippen LogP contribution in [0.4, 0.5) is 10.1 Å². The lowest BCUT2D eigenvalue weighted by molar-refractivity contribution is 0.00706. The molecule has 6 rings (SSSR count). The van der Waals surface area contributed by atoms with Gasteiger partial charge in [-0.05, 0) is 29.8 Å². The Morgan fingerprint density at radius 1 is 1.11 bits per heavy atom. The number of pyridine rings is 1. The molecule has 2 aromatic carbocycles. The number of H-pyrrole nitrogens is 1. The number of rotatable bonds is 5. The summed E-state index contributed by atoms with van der Waals surface area (Å²) in [7, 11) is -1.65. The molecule has 2 aromatic heterocycles. The van der Waals surface area contributed by atoms with Gasteiger partial charge in [0.25, 0.3) is 6.01 Å². The molecule has 0 saturated carbocycles. The predicted molar refractivity (Wildman–Crippen MR) is 137 cm³/mol. The van der Waals surface area contributed by atoms with Crippen LogP contribution < -0.4 is 4.74 Å². The molecular weight excluding hydrogens is 523 g/mol. The van der Waals surface area contributed by atoms with Gasteiger partial charge in [0.1, 0.15) is 29.6 Å². The molecule has 2 saturated heterocycles. The second-order valence-corrected chi connectivity index (χ2v) is 10.4. The average Bonchev–Trinajstić information content (AvgIpc) is 3.55. The predicted octanol–water partition coefficient (Wildman–Crippen LogP) is 3.92. The van der Waals surface area contributed by atoms with Crippen LogP contribution in [0.5, 0.6) is 6.01 Å². The fourth-order valence-electron chi connectivity index (χ4n) is 4.61. The normalized spacial score (nSPS) is 24.0. The molecule has 1 unspecified atom stereocenters. The van der Waals surface area contributed by atoms with Crippen molar-refractivity contribution in [3.63, 3.8) is 0 Å². The van der Waals surface area contributed by atoms with Gasteiger partial charge in [0.2, 0.25) is 0 Å². The van der Waals surface area contributed by atoms with Gasteiger partial charge in [-0.2, -0.15) is 4.98 Å². The number of hydrogen-bond acceptors (Lipinski definition) is 8. The van der Waals surface area contributed by atoms with Gasteiger partial charge in [-0.15, -0.1) is 0 Å². The van der Waals surface area contributed by atoms with Gasteiger partial charge < -0.3 is 19.3 Å². The summed E-state index contributed by atoms with van der Waals surface area (Å²) >= 11 is 6.49. The van der Waals surface area contributed by atoms with Crippen LogP contribution in [-0.2, 0) is 20.1 Å². The van der Waals surface area contributed by atoms with E-state index in [1.165, 1.54) is 12.3 Å². The van der Waals surface area contributed by atoms with E-state index in [4.69, 9.17) is 25.8 Å². The van der Waals surface area contributed by atoms with Crippen LogP contribution in [-0.4, -0.2) is 68.2 Å². The molecule has 2 aliphatic rings. The van der Waals surface area contributed by atoms with E-state index < -0.39 is 34.7 Å². The highest BCUT2D eigenvalue weighted by Gasteiger charge is 2.48. The number of aromatic nitrogens is 3. The fourth-order valence-corrected chi connectivity index (χ4v) is 5.32. The van der Waals surface area contributed by atoms with Crippen molar-refractivity contribution in [3.8, 4) is 28.4 Å². The zero-order valence-electron chi connectivity index (χ0n) is 19.5. The number of aliphatic hydroxyl groups is 1. The Labute approximate surface area is 217 Å². The second-order valence-electron chi connectivity index (χ2n) is 8.85. The Kier molecular flexibility index (Phi) is 6.33. The lowest BCUT2D eigenvalue weighted by Crippen LogP contribution is -2.34. The first-order valence-corrected chi connectivity index (χ1v) is 13.6. The topological polar surface area (TPSA) is 119 Å². The molecule has 37 heavy (non-hydrogen) atoms. The van der Waals surface area contributed by atoms with Gasteiger partial charge in [0, 0.05) is 28.0 Å². The molecule has 12 heteroatoms. The van der Waals surface area contributed by atoms with Gasteiger partial charge in [-0.1, -0.05) is 35.9 Å². The molecule has 0 amide bonds. The van der Waals surface area contributed by atoms with E-state index in [1.54, 1.807) is 42.5 Å². The zero-order valence-corrected chi connectivity index (χ0v) is 21.1. The van der Waals surface area contributed by atoms with E-state index in [-0.39, 0.29) is 25.3 Å². The van der Waals surface area contributed by atoms with E-state index >= 15 is 4.39 Å². The molecule has 192 valence electrons. The van der Waals surface area contributed by atoms with Crippen molar-refractivity contribution in [2.45, 2.75) is 24.4 Å². The van der Waals surface area contributed by atoms with Crippen LogP contribution in [0.15, 0.2) is 52.9 Å². The summed E-state index contributed by atoms with van der Waals surface area (Å²) in [6.45, 7) is 0.470. The maximum Gasteiger partial charge on any atom is 0.296 e. The summed E-state index contributed by atoms with van der Waals surface area (Å²) in [5, 5.41) is 10.2. The molecule has 2 N–H and O–H groups in total. The average molecular weight is 545 g/mol. The third kappa shape index (κ3) is 4.69. The summed E-state index contributed by atoms with van der Waals surface area (Å²) in [5.41, 5.74) is 3.45. The minimum absolute atomic E-state index is 0.202. The first kappa shape index (κ1) is 24.3. The van der Waals surface area contributed by atoms with Crippen molar-refractivity contribution in [2.24, 2.45) is 4.36 Å². The minimum Gasteiger partial charge on any atom is -0.456 e. The number of thiol groups is 1. The van der Waals surface area contributed by atoms with Gasteiger partial charge in [-0.3, -0.25) is 9.19 Å². The van der Waals surface area contributed by atoms with Crippen molar-refractivity contribution in [1.82, 2.24) is 15.0 Å². The van der Waals surface area contributed by atoms with E-state index in [0.717, 1.165) is 0 Å². The number of benzene rings is 2. The fraction of sp³-hybridized carbons (Fsp3) is 0.280. The summed E-state index contributed by atoms with van der Waals surface area (Å²) in [4.78, 5) is 12.0. The van der Waals surface area contributed by atoms with Crippen LogP contribution in [0, 0.1) is 5.82 Å². The van der Waals surface area contributed by atoms with Crippen molar-refractivity contribution < 1.29 is 27.9 Å². The monoisotopic (exact) mass is 544 g/mol. The third-order valence-corrected chi connectivity index (χ3v) is 7.13. The molecule has 0 spiro atoms. The highest BCUT2D eigenvalue weighted by atomic mass is 35.5. The molecule has 0 aliphatic carbocycles. The maximum atomic E-state index is 15.1. The summed E-state index contributed by atoms with van der Waals surface area (Å²) in [6, 6.07) is 13.5. The quantitative estimate of drug-likeness (QED) is 0.326.